The summed E-state index contributed by atoms with van der Waals surface area (Å²) in [6.45, 7) is 1.99. The van der Waals surface area contributed by atoms with Crippen molar-refractivity contribution in [3.8, 4) is 5.75 Å². The van der Waals surface area contributed by atoms with E-state index in [-0.39, 0.29) is 12.2 Å². The Hall–Kier alpha value is -1.71. The molecule has 0 aliphatic carbocycles. The largest absolute Gasteiger partial charge is 0.489 e. The Morgan fingerprint density at radius 3 is 2.65 bits per heavy atom. The van der Waals surface area contributed by atoms with E-state index in [1.807, 2.05) is 6.07 Å². The number of benzene rings is 2. The van der Waals surface area contributed by atoms with Gasteiger partial charge in [-0.25, -0.2) is 4.79 Å². The number of ether oxygens (including phenoxy) is 1. The molecule has 3 nitrogen and oxygen atoms in total. The van der Waals surface area contributed by atoms with Crippen molar-refractivity contribution in [1.82, 2.24) is 0 Å². The summed E-state index contributed by atoms with van der Waals surface area (Å²) in [5.41, 5.74) is 1.68. The predicted octanol–water partition coefficient (Wildman–Crippen LogP) is 4.58. The molecule has 0 aliphatic heterocycles. The molecule has 104 valence electrons. The van der Waals surface area contributed by atoms with Crippen LogP contribution in [0.1, 0.15) is 21.5 Å². The standard InChI is InChI=1S/C15H12Cl2O3/c1-9-7-11(5-6-12(9)15(18)19)20-8-10-3-2-4-13(16)14(10)17/h2-7H,8H2,1H3,(H,18,19). The van der Waals surface area contributed by atoms with Crippen LogP contribution in [0.25, 0.3) is 0 Å². The molecular formula is C15H12Cl2O3. The maximum absolute atomic E-state index is 10.9. The molecule has 2 aromatic rings. The van der Waals surface area contributed by atoms with Crippen LogP contribution in [0.5, 0.6) is 5.75 Å². The third-order valence-corrected chi connectivity index (χ3v) is 3.71. The van der Waals surface area contributed by atoms with Crippen LogP contribution in [0.3, 0.4) is 0 Å². The molecule has 0 saturated heterocycles. The van der Waals surface area contributed by atoms with E-state index < -0.39 is 5.97 Å². The fraction of sp³-hybridized carbons (Fsp3) is 0.133. The summed E-state index contributed by atoms with van der Waals surface area (Å²) in [6, 6.07) is 10.2. The molecule has 0 aromatic heterocycles. The van der Waals surface area contributed by atoms with Gasteiger partial charge in [-0.1, -0.05) is 35.3 Å². The Balaban J connectivity index is 2.13. The number of aryl methyl sites for hydroxylation is 1. The molecule has 0 unspecified atom stereocenters. The molecular weight excluding hydrogens is 299 g/mol. The molecule has 2 aromatic carbocycles. The summed E-state index contributed by atoms with van der Waals surface area (Å²) >= 11 is 12.0. The van der Waals surface area contributed by atoms with Gasteiger partial charge < -0.3 is 9.84 Å². The maximum atomic E-state index is 10.9. The summed E-state index contributed by atoms with van der Waals surface area (Å²) in [4.78, 5) is 10.9. The molecule has 0 fully saturated rings. The van der Waals surface area contributed by atoms with Crippen LogP contribution in [0.15, 0.2) is 36.4 Å². The first-order valence-electron chi connectivity index (χ1n) is 5.88. The van der Waals surface area contributed by atoms with E-state index in [1.165, 1.54) is 6.07 Å². The van der Waals surface area contributed by atoms with E-state index in [0.717, 1.165) is 5.56 Å². The van der Waals surface area contributed by atoms with Crippen molar-refractivity contribution >= 4 is 29.2 Å². The first-order valence-corrected chi connectivity index (χ1v) is 6.64. The van der Waals surface area contributed by atoms with Crippen molar-refractivity contribution in [3.05, 3.63) is 63.1 Å². The number of hydrogen-bond donors (Lipinski definition) is 1. The van der Waals surface area contributed by atoms with Crippen LogP contribution in [-0.2, 0) is 6.61 Å². The van der Waals surface area contributed by atoms with E-state index in [2.05, 4.69) is 0 Å². The summed E-state index contributed by atoms with van der Waals surface area (Å²) in [7, 11) is 0. The predicted molar refractivity (Wildman–Crippen MR) is 78.9 cm³/mol. The van der Waals surface area contributed by atoms with Gasteiger partial charge in [-0.15, -0.1) is 0 Å². The molecule has 0 radical (unpaired) electrons. The van der Waals surface area contributed by atoms with Gasteiger partial charge in [-0.05, 0) is 36.8 Å². The molecule has 5 heteroatoms. The first-order chi connectivity index (χ1) is 9.49. The molecule has 0 bridgehead atoms. The van der Waals surface area contributed by atoms with Crippen molar-refractivity contribution in [2.75, 3.05) is 0 Å². The second kappa shape index (κ2) is 6.16. The zero-order valence-corrected chi connectivity index (χ0v) is 12.2. The molecule has 0 amide bonds. The molecule has 0 saturated carbocycles. The highest BCUT2D eigenvalue weighted by atomic mass is 35.5. The number of carbonyl (C=O) groups is 1. The lowest BCUT2D eigenvalue weighted by Crippen LogP contribution is -2.01. The lowest BCUT2D eigenvalue weighted by molar-refractivity contribution is 0.0696. The molecule has 1 N–H and O–H groups in total. The SMILES string of the molecule is Cc1cc(OCc2cccc(Cl)c2Cl)ccc1C(=O)O. The number of halogens is 2. The molecule has 0 spiro atoms. The van der Waals surface area contributed by atoms with E-state index in [1.54, 1.807) is 31.2 Å². The van der Waals surface area contributed by atoms with Gasteiger partial charge >= 0.3 is 5.97 Å². The minimum atomic E-state index is -0.952. The lowest BCUT2D eigenvalue weighted by Gasteiger charge is -2.10. The van der Waals surface area contributed by atoms with E-state index in [4.69, 9.17) is 33.0 Å². The van der Waals surface area contributed by atoms with Crippen LogP contribution in [0, 0.1) is 6.92 Å². The number of aromatic carboxylic acids is 1. The Bertz CT molecular complexity index is 654. The quantitative estimate of drug-likeness (QED) is 0.899. The van der Waals surface area contributed by atoms with Crippen LogP contribution >= 0.6 is 23.2 Å². The van der Waals surface area contributed by atoms with Crippen molar-refractivity contribution in [2.24, 2.45) is 0 Å². The van der Waals surface area contributed by atoms with Crippen molar-refractivity contribution in [3.63, 3.8) is 0 Å². The Morgan fingerprint density at radius 2 is 2.00 bits per heavy atom. The molecule has 0 heterocycles. The number of carboxylic acids is 1. The van der Waals surface area contributed by atoms with Crippen LogP contribution < -0.4 is 4.74 Å². The van der Waals surface area contributed by atoms with Gasteiger partial charge in [0.15, 0.2) is 0 Å². The zero-order chi connectivity index (χ0) is 14.7. The molecule has 20 heavy (non-hydrogen) atoms. The van der Waals surface area contributed by atoms with E-state index in [0.29, 0.717) is 21.4 Å². The summed E-state index contributed by atoms with van der Waals surface area (Å²) < 4.78 is 5.61. The minimum Gasteiger partial charge on any atom is -0.489 e. The monoisotopic (exact) mass is 310 g/mol. The highest BCUT2D eigenvalue weighted by Crippen LogP contribution is 2.27. The fourth-order valence-corrected chi connectivity index (χ4v) is 2.16. The van der Waals surface area contributed by atoms with Crippen molar-refractivity contribution in [1.29, 1.82) is 0 Å². The van der Waals surface area contributed by atoms with Gasteiger partial charge in [-0.2, -0.15) is 0 Å². The van der Waals surface area contributed by atoms with Crippen molar-refractivity contribution in [2.45, 2.75) is 13.5 Å². The first kappa shape index (κ1) is 14.7. The third kappa shape index (κ3) is 3.24. The summed E-state index contributed by atoms with van der Waals surface area (Å²) in [5, 5.41) is 9.90. The smallest absolute Gasteiger partial charge is 0.335 e. The highest BCUT2D eigenvalue weighted by molar-refractivity contribution is 6.42. The van der Waals surface area contributed by atoms with Gasteiger partial charge in [0.05, 0.1) is 15.6 Å². The van der Waals surface area contributed by atoms with E-state index in [9.17, 15) is 4.79 Å². The molecule has 2 rings (SSSR count). The average Bonchev–Trinajstić information content (AvgIpc) is 2.40. The van der Waals surface area contributed by atoms with Gasteiger partial charge in [0.2, 0.25) is 0 Å². The van der Waals surface area contributed by atoms with Crippen LogP contribution in [0.4, 0.5) is 0 Å². The topological polar surface area (TPSA) is 46.5 Å². The lowest BCUT2D eigenvalue weighted by atomic mass is 10.1. The maximum Gasteiger partial charge on any atom is 0.335 e. The second-order valence-corrected chi connectivity index (χ2v) is 5.07. The summed E-state index contributed by atoms with van der Waals surface area (Å²) in [5.74, 6) is -0.365. The summed E-state index contributed by atoms with van der Waals surface area (Å²) in [6.07, 6.45) is 0. The fourth-order valence-electron chi connectivity index (χ4n) is 1.79. The van der Waals surface area contributed by atoms with Gasteiger partial charge in [0.1, 0.15) is 12.4 Å². The van der Waals surface area contributed by atoms with Crippen LogP contribution in [-0.4, -0.2) is 11.1 Å². The third-order valence-electron chi connectivity index (χ3n) is 2.85. The number of rotatable bonds is 4. The normalized spacial score (nSPS) is 10.3. The second-order valence-electron chi connectivity index (χ2n) is 4.28. The Morgan fingerprint density at radius 1 is 1.25 bits per heavy atom. The Kier molecular flexibility index (Phi) is 4.53. The molecule has 0 atom stereocenters. The average molecular weight is 311 g/mol. The van der Waals surface area contributed by atoms with Crippen molar-refractivity contribution < 1.29 is 14.6 Å². The minimum absolute atomic E-state index is 0.262. The molecule has 0 aliphatic rings. The van der Waals surface area contributed by atoms with E-state index >= 15 is 0 Å². The Labute approximate surface area is 126 Å². The zero-order valence-electron chi connectivity index (χ0n) is 10.7. The highest BCUT2D eigenvalue weighted by Gasteiger charge is 2.09. The number of carboxylic acid groups (broad SMARTS) is 1. The van der Waals surface area contributed by atoms with Gasteiger partial charge in [-0.3, -0.25) is 0 Å². The van der Waals surface area contributed by atoms with Crippen LogP contribution in [0.2, 0.25) is 10.0 Å². The van der Waals surface area contributed by atoms with Gasteiger partial charge in [0, 0.05) is 5.56 Å². The van der Waals surface area contributed by atoms with Gasteiger partial charge in [0.25, 0.3) is 0 Å². The number of hydrogen-bond acceptors (Lipinski definition) is 2.